The van der Waals surface area contributed by atoms with E-state index in [9.17, 15) is 14.4 Å². The molecule has 1 unspecified atom stereocenters. The van der Waals surface area contributed by atoms with Gasteiger partial charge in [0.2, 0.25) is 5.88 Å². The van der Waals surface area contributed by atoms with Crippen LogP contribution in [0.2, 0.25) is 0 Å². The SMILES string of the molecule is CCCOc1cccc(C(=O)Oc2ccc3c(c2)OC(N)=C(C#N)C3c2ccc(F)cc2)c1. The summed E-state index contributed by atoms with van der Waals surface area (Å²) in [5.41, 5.74) is 7.91. The van der Waals surface area contributed by atoms with Crippen LogP contribution in [0.4, 0.5) is 4.39 Å². The Morgan fingerprint density at radius 1 is 1.12 bits per heavy atom. The van der Waals surface area contributed by atoms with Gasteiger partial charge in [0.05, 0.1) is 18.1 Å². The Morgan fingerprint density at radius 2 is 1.91 bits per heavy atom. The summed E-state index contributed by atoms with van der Waals surface area (Å²) in [5.74, 6) is -0.322. The molecule has 0 aliphatic carbocycles. The van der Waals surface area contributed by atoms with Crippen molar-refractivity contribution in [3.05, 3.63) is 101 Å². The first-order valence-corrected chi connectivity index (χ1v) is 10.4. The molecule has 3 aromatic rings. The second kappa shape index (κ2) is 9.45. The fourth-order valence-corrected chi connectivity index (χ4v) is 3.60. The van der Waals surface area contributed by atoms with Crippen molar-refractivity contribution in [1.82, 2.24) is 0 Å². The molecule has 4 rings (SSSR count). The van der Waals surface area contributed by atoms with E-state index in [2.05, 4.69) is 6.07 Å². The average molecular weight is 444 g/mol. The van der Waals surface area contributed by atoms with E-state index in [0.29, 0.717) is 34.8 Å². The number of esters is 1. The van der Waals surface area contributed by atoms with E-state index in [1.165, 1.54) is 12.1 Å². The zero-order valence-electron chi connectivity index (χ0n) is 17.9. The summed E-state index contributed by atoms with van der Waals surface area (Å²) in [4.78, 5) is 12.7. The number of fused-ring (bicyclic) bond motifs is 1. The predicted molar refractivity (Wildman–Crippen MR) is 119 cm³/mol. The molecule has 0 radical (unpaired) electrons. The van der Waals surface area contributed by atoms with Crippen molar-refractivity contribution in [1.29, 1.82) is 5.26 Å². The zero-order valence-corrected chi connectivity index (χ0v) is 17.9. The Balaban J connectivity index is 1.61. The number of benzene rings is 3. The fraction of sp³-hybridized carbons (Fsp3) is 0.154. The summed E-state index contributed by atoms with van der Waals surface area (Å²) in [6, 6.07) is 19.6. The van der Waals surface area contributed by atoms with Crippen LogP contribution in [0.1, 0.15) is 40.7 Å². The fourth-order valence-electron chi connectivity index (χ4n) is 3.60. The minimum atomic E-state index is -0.552. The summed E-state index contributed by atoms with van der Waals surface area (Å²) >= 11 is 0. The number of rotatable bonds is 6. The maximum absolute atomic E-state index is 13.4. The summed E-state index contributed by atoms with van der Waals surface area (Å²) in [6.07, 6.45) is 0.855. The number of carbonyl (C=O) groups is 1. The van der Waals surface area contributed by atoms with Gasteiger partial charge in [0.1, 0.15) is 34.7 Å². The van der Waals surface area contributed by atoms with E-state index in [0.717, 1.165) is 6.42 Å². The number of halogens is 1. The van der Waals surface area contributed by atoms with Gasteiger partial charge in [0, 0.05) is 11.6 Å². The van der Waals surface area contributed by atoms with Gasteiger partial charge in [-0.25, -0.2) is 9.18 Å². The minimum Gasteiger partial charge on any atom is -0.494 e. The summed E-state index contributed by atoms with van der Waals surface area (Å²) in [6.45, 7) is 2.55. The van der Waals surface area contributed by atoms with Gasteiger partial charge in [-0.1, -0.05) is 31.2 Å². The number of hydrogen-bond donors (Lipinski definition) is 1. The Bertz CT molecular complexity index is 1260. The van der Waals surface area contributed by atoms with Gasteiger partial charge in [-0.3, -0.25) is 0 Å². The van der Waals surface area contributed by atoms with Crippen molar-refractivity contribution in [3.8, 4) is 23.3 Å². The van der Waals surface area contributed by atoms with Crippen molar-refractivity contribution in [3.63, 3.8) is 0 Å². The third kappa shape index (κ3) is 4.65. The molecule has 0 spiro atoms. The van der Waals surface area contributed by atoms with Gasteiger partial charge in [-0.05, 0) is 48.4 Å². The Hall–Kier alpha value is -4.31. The first kappa shape index (κ1) is 21.9. The van der Waals surface area contributed by atoms with E-state index in [-0.39, 0.29) is 23.0 Å². The molecule has 166 valence electrons. The molecule has 1 aliphatic heterocycles. The predicted octanol–water partition coefficient (Wildman–Crippen LogP) is 5.05. The molecule has 33 heavy (non-hydrogen) atoms. The highest BCUT2D eigenvalue weighted by atomic mass is 19.1. The van der Waals surface area contributed by atoms with Crippen molar-refractivity contribution < 1.29 is 23.4 Å². The van der Waals surface area contributed by atoms with Crippen LogP contribution in [-0.4, -0.2) is 12.6 Å². The lowest BCUT2D eigenvalue weighted by atomic mass is 9.83. The van der Waals surface area contributed by atoms with Gasteiger partial charge in [-0.2, -0.15) is 5.26 Å². The molecule has 0 saturated carbocycles. The van der Waals surface area contributed by atoms with Gasteiger partial charge >= 0.3 is 5.97 Å². The number of ether oxygens (including phenoxy) is 3. The molecule has 2 N–H and O–H groups in total. The van der Waals surface area contributed by atoms with Crippen LogP contribution < -0.4 is 19.9 Å². The molecule has 1 atom stereocenters. The minimum absolute atomic E-state index is 0.0522. The monoisotopic (exact) mass is 444 g/mol. The number of nitrogens with zero attached hydrogens (tertiary/aromatic N) is 1. The van der Waals surface area contributed by atoms with Crippen molar-refractivity contribution in [2.24, 2.45) is 5.73 Å². The number of carbonyl (C=O) groups excluding carboxylic acids is 1. The van der Waals surface area contributed by atoms with Crippen molar-refractivity contribution in [2.45, 2.75) is 19.3 Å². The van der Waals surface area contributed by atoms with Crippen LogP contribution >= 0.6 is 0 Å². The molecule has 6 nitrogen and oxygen atoms in total. The number of allylic oxidation sites excluding steroid dienone is 1. The highest BCUT2D eigenvalue weighted by Crippen LogP contribution is 2.43. The Labute approximate surface area is 190 Å². The van der Waals surface area contributed by atoms with Crippen LogP contribution in [-0.2, 0) is 0 Å². The van der Waals surface area contributed by atoms with Crippen LogP contribution in [0, 0.1) is 17.1 Å². The summed E-state index contributed by atoms with van der Waals surface area (Å²) in [5, 5.41) is 9.63. The lowest BCUT2D eigenvalue weighted by Gasteiger charge is -2.26. The quantitative estimate of drug-likeness (QED) is 0.422. The van der Waals surface area contributed by atoms with Gasteiger partial charge in [0.15, 0.2) is 0 Å². The van der Waals surface area contributed by atoms with Gasteiger partial charge in [-0.15, -0.1) is 0 Å². The number of hydrogen-bond acceptors (Lipinski definition) is 6. The summed E-state index contributed by atoms with van der Waals surface area (Å²) < 4.78 is 30.2. The number of nitrogens with two attached hydrogens (primary N) is 1. The van der Waals surface area contributed by atoms with Gasteiger partial charge in [0.25, 0.3) is 0 Å². The Kier molecular flexibility index (Phi) is 6.27. The van der Waals surface area contributed by atoms with Crippen LogP contribution in [0.25, 0.3) is 0 Å². The standard InChI is InChI=1S/C26H21FN2O4/c1-2-12-31-19-5-3-4-17(13-19)26(30)32-20-10-11-21-23(14-20)33-25(29)22(15-28)24(21)16-6-8-18(27)9-7-16/h3-11,13-14,24H,2,12,29H2,1H3. The summed E-state index contributed by atoms with van der Waals surface area (Å²) in [7, 11) is 0. The van der Waals surface area contributed by atoms with Crippen LogP contribution in [0.15, 0.2) is 78.2 Å². The molecular weight excluding hydrogens is 423 g/mol. The topological polar surface area (TPSA) is 94.6 Å². The van der Waals surface area contributed by atoms with E-state index in [1.54, 1.807) is 54.6 Å². The molecule has 0 bridgehead atoms. The lowest BCUT2D eigenvalue weighted by Crippen LogP contribution is -2.21. The van der Waals surface area contributed by atoms with Crippen molar-refractivity contribution >= 4 is 5.97 Å². The smallest absolute Gasteiger partial charge is 0.343 e. The van der Waals surface area contributed by atoms with Crippen LogP contribution in [0.3, 0.4) is 0 Å². The number of nitriles is 1. The first-order chi connectivity index (χ1) is 16.0. The van der Waals surface area contributed by atoms with E-state index >= 15 is 0 Å². The third-order valence-corrected chi connectivity index (χ3v) is 5.15. The molecule has 0 aromatic heterocycles. The second-order valence-electron chi connectivity index (χ2n) is 7.44. The molecule has 0 saturated heterocycles. The average Bonchev–Trinajstić information content (AvgIpc) is 2.82. The van der Waals surface area contributed by atoms with E-state index < -0.39 is 11.9 Å². The Morgan fingerprint density at radius 3 is 2.64 bits per heavy atom. The van der Waals surface area contributed by atoms with Gasteiger partial charge < -0.3 is 19.9 Å². The maximum Gasteiger partial charge on any atom is 0.343 e. The lowest BCUT2D eigenvalue weighted by molar-refractivity contribution is 0.0734. The van der Waals surface area contributed by atoms with E-state index in [4.69, 9.17) is 19.9 Å². The molecular formula is C26H21FN2O4. The zero-order chi connectivity index (χ0) is 23.4. The normalized spacial score (nSPS) is 14.6. The highest BCUT2D eigenvalue weighted by molar-refractivity contribution is 5.91. The molecule has 0 amide bonds. The van der Waals surface area contributed by atoms with E-state index in [1.807, 2.05) is 6.92 Å². The highest BCUT2D eigenvalue weighted by Gasteiger charge is 2.31. The maximum atomic E-state index is 13.4. The molecule has 1 aliphatic rings. The third-order valence-electron chi connectivity index (χ3n) is 5.15. The van der Waals surface area contributed by atoms with Crippen molar-refractivity contribution in [2.75, 3.05) is 6.61 Å². The largest absolute Gasteiger partial charge is 0.494 e. The molecule has 1 heterocycles. The first-order valence-electron chi connectivity index (χ1n) is 10.4. The molecule has 3 aromatic carbocycles. The molecule has 0 fully saturated rings. The molecule has 7 heteroatoms. The second-order valence-corrected chi connectivity index (χ2v) is 7.44. The van der Waals surface area contributed by atoms with Crippen LogP contribution in [0.5, 0.6) is 17.2 Å².